The molecule has 1 aliphatic rings. The van der Waals surface area contributed by atoms with Crippen LogP contribution in [-0.2, 0) is 4.74 Å². The molecule has 0 N–H and O–H groups in total. The topological polar surface area (TPSA) is 62.7 Å². The fourth-order valence-electron chi connectivity index (χ4n) is 2.74. The number of amides is 1. The van der Waals surface area contributed by atoms with Gasteiger partial charge in [-0.05, 0) is 30.5 Å². The maximum Gasteiger partial charge on any atom is 0.339 e. The molecular formula is C17H19N3O3S. The van der Waals surface area contributed by atoms with Gasteiger partial charge >= 0.3 is 5.97 Å². The van der Waals surface area contributed by atoms with Gasteiger partial charge in [0.25, 0.3) is 5.91 Å². The normalized spacial score (nSPS) is 14.6. The minimum absolute atomic E-state index is 0.0924. The Labute approximate surface area is 144 Å². The zero-order valence-electron chi connectivity index (χ0n) is 13.7. The van der Waals surface area contributed by atoms with Crippen LogP contribution in [0.2, 0.25) is 0 Å². The lowest BCUT2D eigenvalue weighted by atomic mass is 10.2. The van der Waals surface area contributed by atoms with E-state index in [9.17, 15) is 9.59 Å². The second-order valence-electron chi connectivity index (χ2n) is 5.55. The van der Waals surface area contributed by atoms with Crippen molar-refractivity contribution in [1.82, 2.24) is 9.88 Å². The fourth-order valence-corrected chi connectivity index (χ4v) is 3.44. The predicted octanol–water partition coefficient (Wildman–Crippen LogP) is 2.20. The molecule has 24 heavy (non-hydrogen) atoms. The molecule has 1 amide bonds. The molecule has 0 radical (unpaired) electrons. The van der Waals surface area contributed by atoms with Crippen LogP contribution in [0.1, 0.15) is 25.7 Å². The lowest BCUT2D eigenvalue weighted by Crippen LogP contribution is -2.49. The summed E-state index contributed by atoms with van der Waals surface area (Å²) >= 11 is 1.47. The zero-order chi connectivity index (χ0) is 17.1. The van der Waals surface area contributed by atoms with Crippen molar-refractivity contribution < 1.29 is 14.3 Å². The summed E-state index contributed by atoms with van der Waals surface area (Å²) in [7, 11) is 1.36. The molecule has 0 unspecified atom stereocenters. The van der Waals surface area contributed by atoms with Crippen molar-refractivity contribution in [2.75, 3.05) is 38.2 Å². The van der Waals surface area contributed by atoms with E-state index in [4.69, 9.17) is 4.74 Å². The number of esters is 1. The number of hydrogen-bond donors (Lipinski definition) is 0. The SMILES string of the molecule is COC(=O)c1ccc(N2CCN(C(=O)c3cccs3)CC2)nc1C. The Morgan fingerprint density at radius 2 is 1.92 bits per heavy atom. The number of thiophene rings is 1. The van der Waals surface area contributed by atoms with E-state index >= 15 is 0 Å². The van der Waals surface area contributed by atoms with Crippen molar-refractivity contribution in [3.63, 3.8) is 0 Å². The van der Waals surface area contributed by atoms with E-state index in [2.05, 4.69) is 9.88 Å². The number of carbonyl (C=O) groups is 2. The Morgan fingerprint density at radius 3 is 2.50 bits per heavy atom. The summed E-state index contributed by atoms with van der Waals surface area (Å²) in [6, 6.07) is 7.32. The zero-order valence-corrected chi connectivity index (χ0v) is 14.5. The van der Waals surface area contributed by atoms with Gasteiger partial charge in [-0.1, -0.05) is 6.07 Å². The van der Waals surface area contributed by atoms with Gasteiger partial charge in [0.1, 0.15) is 5.82 Å². The number of rotatable bonds is 3. The molecular weight excluding hydrogens is 326 g/mol. The minimum atomic E-state index is -0.377. The van der Waals surface area contributed by atoms with Crippen LogP contribution in [0.15, 0.2) is 29.6 Å². The van der Waals surface area contributed by atoms with Crippen LogP contribution in [0.5, 0.6) is 0 Å². The van der Waals surface area contributed by atoms with Crippen LogP contribution in [0.3, 0.4) is 0 Å². The monoisotopic (exact) mass is 345 g/mol. The summed E-state index contributed by atoms with van der Waals surface area (Å²) in [5.74, 6) is 0.538. The van der Waals surface area contributed by atoms with Gasteiger partial charge < -0.3 is 14.5 Å². The molecule has 2 aromatic heterocycles. The van der Waals surface area contributed by atoms with E-state index in [1.165, 1.54) is 18.4 Å². The average Bonchev–Trinajstić information content (AvgIpc) is 3.15. The standard InChI is InChI=1S/C17H19N3O3S/c1-12-13(17(22)23-2)5-6-15(18-12)19-7-9-20(10-8-19)16(21)14-4-3-11-24-14/h3-6,11H,7-10H2,1-2H3. The molecule has 0 aromatic carbocycles. The van der Waals surface area contributed by atoms with Gasteiger partial charge in [0.2, 0.25) is 0 Å². The Morgan fingerprint density at radius 1 is 1.17 bits per heavy atom. The molecule has 0 spiro atoms. The molecule has 1 fully saturated rings. The van der Waals surface area contributed by atoms with E-state index in [0.29, 0.717) is 24.3 Å². The van der Waals surface area contributed by atoms with Crippen molar-refractivity contribution in [2.24, 2.45) is 0 Å². The van der Waals surface area contributed by atoms with Crippen LogP contribution < -0.4 is 4.90 Å². The molecule has 7 heteroatoms. The number of anilines is 1. The van der Waals surface area contributed by atoms with Crippen molar-refractivity contribution in [3.05, 3.63) is 45.8 Å². The highest BCUT2D eigenvalue weighted by atomic mass is 32.1. The van der Waals surface area contributed by atoms with Gasteiger partial charge in [-0.3, -0.25) is 4.79 Å². The maximum atomic E-state index is 12.4. The third-order valence-corrected chi connectivity index (χ3v) is 4.96. The maximum absolute atomic E-state index is 12.4. The van der Waals surface area contributed by atoms with E-state index in [1.807, 2.05) is 28.5 Å². The van der Waals surface area contributed by atoms with Crippen molar-refractivity contribution >= 4 is 29.0 Å². The van der Waals surface area contributed by atoms with Gasteiger partial charge in [0, 0.05) is 26.2 Å². The van der Waals surface area contributed by atoms with Gasteiger partial charge in [-0.25, -0.2) is 9.78 Å². The molecule has 2 aromatic rings. The first-order valence-electron chi connectivity index (χ1n) is 7.74. The summed E-state index contributed by atoms with van der Waals surface area (Å²) in [6.07, 6.45) is 0. The molecule has 1 saturated heterocycles. The second-order valence-corrected chi connectivity index (χ2v) is 6.50. The molecule has 0 aliphatic carbocycles. The molecule has 6 nitrogen and oxygen atoms in total. The quantitative estimate of drug-likeness (QED) is 0.798. The first-order valence-corrected chi connectivity index (χ1v) is 8.62. The number of aromatic nitrogens is 1. The Balaban J connectivity index is 1.65. The van der Waals surface area contributed by atoms with E-state index in [0.717, 1.165) is 23.8 Å². The Bertz CT molecular complexity index is 738. The van der Waals surface area contributed by atoms with Crippen molar-refractivity contribution in [3.8, 4) is 0 Å². The number of piperazine rings is 1. The van der Waals surface area contributed by atoms with E-state index < -0.39 is 0 Å². The van der Waals surface area contributed by atoms with E-state index in [-0.39, 0.29) is 11.9 Å². The number of hydrogen-bond acceptors (Lipinski definition) is 6. The lowest BCUT2D eigenvalue weighted by Gasteiger charge is -2.35. The predicted molar refractivity (Wildman–Crippen MR) is 92.7 cm³/mol. The highest BCUT2D eigenvalue weighted by Crippen LogP contribution is 2.19. The molecule has 0 saturated carbocycles. The fraction of sp³-hybridized carbons (Fsp3) is 0.353. The van der Waals surface area contributed by atoms with Gasteiger partial charge in [0.05, 0.1) is 23.2 Å². The number of methoxy groups -OCH3 is 1. The number of ether oxygens (including phenoxy) is 1. The Hall–Kier alpha value is -2.41. The molecule has 3 heterocycles. The molecule has 0 bridgehead atoms. The van der Waals surface area contributed by atoms with Crippen LogP contribution in [0.4, 0.5) is 5.82 Å². The van der Waals surface area contributed by atoms with Gasteiger partial charge in [-0.15, -0.1) is 11.3 Å². The first kappa shape index (κ1) is 16.4. The number of carbonyl (C=O) groups excluding carboxylic acids is 2. The summed E-state index contributed by atoms with van der Waals surface area (Å²) < 4.78 is 4.74. The van der Waals surface area contributed by atoms with Crippen LogP contribution in [0.25, 0.3) is 0 Å². The highest BCUT2D eigenvalue weighted by molar-refractivity contribution is 7.12. The number of nitrogens with zero attached hydrogens (tertiary/aromatic N) is 3. The average molecular weight is 345 g/mol. The highest BCUT2D eigenvalue weighted by Gasteiger charge is 2.24. The third-order valence-electron chi connectivity index (χ3n) is 4.10. The molecule has 3 rings (SSSR count). The van der Waals surface area contributed by atoms with Crippen LogP contribution in [0, 0.1) is 6.92 Å². The second kappa shape index (κ2) is 7.00. The van der Waals surface area contributed by atoms with Crippen LogP contribution in [-0.4, -0.2) is 55.0 Å². The third kappa shape index (κ3) is 3.26. The largest absolute Gasteiger partial charge is 0.465 e. The lowest BCUT2D eigenvalue weighted by molar-refractivity contribution is 0.0599. The summed E-state index contributed by atoms with van der Waals surface area (Å²) in [5, 5.41) is 1.92. The van der Waals surface area contributed by atoms with Crippen molar-refractivity contribution in [1.29, 1.82) is 0 Å². The minimum Gasteiger partial charge on any atom is -0.465 e. The number of aryl methyl sites for hydroxylation is 1. The van der Waals surface area contributed by atoms with E-state index in [1.54, 1.807) is 13.0 Å². The summed E-state index contributed by atoms with van der Waals surface area (Å²) in [6.45, 7) is 4.57. The number of pyridine rings is 1. The summed E-state index contributed by atoms with van der Waals surface area (Å²) in [4.78, 5) is 33.3. The molecule has 126 valence electrons. The van der Waals surface area contributed by atoms with Gasteiger partial charge in [0.15, 0.2) is 0 Å². The Kier molecular flexibility index (Phi) is 4.80. The molecule has 0 atom stereocenters. The smallest absolute Gasteiger partial charge is 0.339 e. The van der Waals surface area contributed by atoms with Crippen molar-refractivity contribution in [2.45, 2.75) is 6.92 Å². The summed E-state index contributed by atoms with van der Waals surface area (Å²) in [5.41, 5.74) is 1.13. The van der Waals surface area contributed by atoms with Gasteiger partial charge in [-0.2, -0.15) is 0 Å². The van der Waals surface area contributed by atoms with Crippen LogP contribution >= 0.6 is 11.3 Å². The first-order chi connectivity index (χ1) is 11.6. The molecule has 1 aliphatic heterocycles.